The van der Waals surface area contributed by atoms with Gasteiger partial charge in [-0.25, -0.2) is 0 Å². The van der Waals surface area contributed by atoms with Gasteiger partial charge in [-0.2, -0.15) is 0 Å². The molecule has 1 atom stereocenters. The number of hydrogen-bond acceptors (Lipinski definition) is 3. The van der Waals surface area contributed by atoms with E-state index in [0.29, 0.717) is 6.42 Å². The number of hydrogen-bond donors (Lipinski definition) is 2. The number of carboxylic acids is 1. The van der Waals surface area contributed by atoms with Gasteiger partial charge >= 0.3 is 5.97 Å². The van der Waals surface area contributed by atoms with Crippen molar-refractivity contribution in [2.75, 3.05) is 7.11 Å². The largest absolute Gasteiger partial charge is 0.497 e. The van der Waals surface area contributed by atoms with Crippen molar-refractivity contribution in [2.24, 2.45) is 5.73 Å². The second-order valence-electron chi connectivity index (χ2n) is 3.75. The number of methoxy groups -OCH3 is 1. The van der Waals surface area contributed by atoms with Crippen LogP contribution in [0.5, 0.6) is 5.75 Å². The fraction of sp³-hybridized carbons (Fsp3) is 0.364. The third kappa shape index (κ3) is 2.95. The number of ether oxygens (including phenoxy) is 1. The smallest absolute Gasteiger partial charge is 0.323 e. The average molecular weight is 209 g/mol. The molecule has 4 nitrogen and oxygen atoms in total. The van der Waals surface area contributed by atoms with Crippen molar-refractivity contribution >= 4 is 5.97 Å². The molecule has 0 saturated heterocycles. The summed E-state index contributed by atoms with van der Waals surface area (Å²) < 4.78 is 5.00. The molecule has 0 heterocycles. The molecule has 0 aromatic heterocycles. The lowest BCUT2D eigenvalue weighted by Gasteiger charge is -2.18. The first kappa shape index (κ1) is 11.5. The summed E-state index contributed by atoms with van der Waals surface area (Å²) in [5, 5.41) is 8.85. The van der Waals surface area contributed by atoms with E-state index in [1.807, 2.05) is 12.1 Å². The van der Waals surface area contributed by atoms with Crippen LogP contribution in [0.25, 0.3) is 0 Å². The van der Waals surface area contributed by atoms with Crippen LogP contribution in [-0.2, 0) is 11.2 Å². The summed E-state index contributed by atoms with van der Waals surface area (Å²) in [5.74, 6) is -0.258. The van der Waals surface area contributed by atoms with E-state index in [1.165, 1.54) is 6.92 Å². The fourth-order valence-corrected chi connectivity index (χ4v) is 1.24. The highest BCUT2D eigenvalue weighted by Crippen LogP contribution is 2.15. The molecule has 4 heteroatoms. The van der Waals surface area contributed by atoms with Gasteiger partial charge in [0.05, 0.1) is 7.11 Å². The van der Waals surface area contributed by atoms with Crippen LogP contribution in [0.3, 0.4) is 0 Å². The first-order valence-corrected chi connectivity index (χ1v) is 4.61. The number of carboxylic acid groups (broad SMARTS) is 1. The lowest BCUT2D eigenvalue weighted by molar-refractivity contribution is -0.142. The fourth-order valence-electron chi connectivity index (χ4n) is 1.24. The summed E-state index contributed by atoms with van der Waals surface area (Å²) in [5.41, 5.74) is 5.28. The van der Waals surface area contributed by atoms with E-state index >= 15 is 0 Å². The highest BCUT2D eigenvalue weighted by atomic mass is 16.5. The maximum atomic E-state index is 10.8. The van der Waals surface area contributed by atoms with E-state index in [2.05, 4.69) is 0 Å². The van der Waals surface area contributed by atoms with Crippen molar-refractivity contribution in [3.8, 4) is 5.75 Å². The Bertz CT molecular complexity index is 343. The minimum absolute atomic E-state index is 0.298. The zero-order valence-corrected chi connectivity index (χ0v) is 8.86. The molecule has 0 saturated carbocycles. The number of benzene rings is 1. The summed E-state index contributed by atoms with van der Waals surface area (Å²) in [6.45, 7) is 1.50. The molecular formula is C11H15NO3. The third-order valence-electron chi connectivity index (χ3n) is 2.22. The maximum absolute atomic E-state index is 10.8. The summed E-state index contributed by atoms with van der Waals surface area (Å²) in [6, 6.07) is 7.19. The Morgan fingerprint density at radius 3 is 2.40 bits per heavy atom. The number of aliphatic carboxylic acids is 1. The minimum Gasteiger partial charge on any atom is -0.497 e. The molecule has 1 rings (SSSR count). The molecule has 0 spiro atoms. The molecular weight excluding hydrogens is 194 g/mol. The molecule has 0 amide bonds. The third-order valence-corrected chi connectivity index (χ3v) is 2.22. The molecule has 1 unspecified atom stereocenters. The van der Waals surface area contributed by atoms with E-state index < -0.39 is 11.5 Å². The monoisotopic (exact) mass is 209 g/mol. The molecule has 3 N–H and O–H groups in total. The van der Waals surface area contributed by atoms with Crippen molar-refractivity contribution in [3.63, 3.8) is 0 Å². The van der Waals surface area contributed by atoms with Crippen LogP contribution >= 0.6 is 0 Å². The second-order valence-corrected chi connectivity index (χ2v) is 3.75. The molecule has 0 bridgehead atoms. The molecule has 0 radical (unpaired) electrons. The van der Waals surface area contributed by atoms with E-state index in [4.69, 9.17) is 15.6 Å². The number of rotatable bonds is 4. The summed E-state index contributed by atoms with van der Waals surface area (Å²) in [6.07, 6.45) is 0.298. The Kier molecular flexibility index (Phi) is 3.31. The highest BCUT2D eigenvalue weighted by Gasteiger charge is 2.27. The van der Waals surface area contributed by atoms with Crippen molar-refractivity contribution in [1.82, 2.24) is 0 Å². The summed E-state index contributed by atoms with van der Waals surface area (Å²) >= 11 is 0. The van der Waals surface area contributed by atoms with Gasteiger partial charge in [0.2, 0.25) is 0 Å². The van der Waals surface area contributed by atoms with Gasteiger partial charge in [0, 0.05) is 6.42 Å². The van der Waals surface area contributed by atoms with Crippen LogP contribution in [-0.4, -0.2) is 23.7 Å². The Morgan fingerprint density at radius 2 is 2.00 bits per heavy atom. The van der Waals surface area contributed by atoms with E-state index in [1.54, 1.807) is 19.2 Å². The topological polar surface area (TPSA) is 72.5 Å². The van der Waals surface area contributed by atoms with Gasteiger partial charge in [0.25, 0.3) is 0 Å². The van der Waals surface area contributed by atoms with Gasteiger partial charge in [-0.3, -0.25) is 4.79 Å². The SMILES string of the molecule is COc1ccc(CC(C)(N)C(=O)O)cc1. The van der Waals surface area contributed by atoms with E-state index in [9.17, 15) is 4.79 Å². The second kappa shape index (κ2) is 4.31. The summed E-state index contributed by atoms with van der Waals surface area (Å²) in [7, 11) is 1.58. The van der Waals surface area contributed by atoms with Crippen LogP contribution in [0, 0.1) is 0 Å². The van der Waals surface area contributed by atoms with Gasteiger partial charge in [0.15, 0.2) is 0 Å². The standard InChI is InChI=1S/C11H15NO3/c1-11(12,10(13)14)7-8-3-5-9(15-2)6-4-8/h3-6H,7,12H2,1-2H3,(H,13,14). The molecule has 0 aliphatic heterocycles. The molecule has 0 fully saturated rings. The van der Waals surface area contributed by atoms with E-state index in [0.717, 1.165) is 11.3 Å². The summed E-state index contributed by atoms with van der Waals surface area (Å²) in [4.78, 5) is 10.8. The Labute approximate surface area is 88.7 Å². The maximum Gasteiger partial charge on any atom is 0.323 e. The lowest BCUT2D eigenvalue weighted by Crippen LogP contribution is -2.46. The molecule has 82 valence electrons. The predicted molar refractivity (Wildman–Crippen MR) is 56.9 cm³/mol. The van der Waals surface area contributed by atoms with E-state index in [-0.39, 0.29) is 0 Å². The van der Waals surface area contributed by atoms with Crippen molar-refractivity contribution in [2.45, 2.75) is 18.9 Å². The van der Waals surface area contributed by atoms with Crippen LogP contribution < -0.4 is 10.5 Å². The quantitative estimate of drug-likeness (QED) is 0.777. The molecule has 1 aromatic carbocycles. The Hall–Kier alpha value is -1.55. The van der Waals surface area contributed by atoms with Crippen LogP contribution in [0.2, 0.25) is 0 Å². The zero-order valence-electron chi connectivity index (χ0n) is 8.86. The highest BCUT2D eigenvalue weighted by molar-refractivity contribution is 5.78. The Morgan fingerprint density at radius 1 is 1.47 bits per heavy atom. The zero-order chi connectivity index (χ0) is 11.5. The molecule has 0 aliphatic carbocycles. The first-order valence-electron chi connectivity index (χ1n) is 4.61. The van der Waals surface area contributed by atoms with Crippen molar-refractivity contribution in [1.29, 1.82) is 0 Å². The van der Waals surface area contributed by atoms with Gasteiger partial charge < -0.3 is 15.6 Å². The Balaban J connectivity index is 2.77. The minimum atomic E-state index is -1.23. The van der Waals surface area contributed by atoms with Crippen LogP contribution in [0.1, 0.15) is 12.5 Å². The average Bonchev–Trinajstić information content (AvgIpc) is 2.18. The normalized spacial score (nSPS) is 14.3. The molecule has 15 heavy (non-hydrogen) atoms. The van der Waals surface area contributed by atoms with Gasteiger partial charge in [-0.15, -0.1) is 0 Å². The van der Waals surface area contributed by atoms with Gasteiger partial charge in [-0.05, 0) is 24.6 Å². The van der Waals surface area contributed by atoms with Crippen LogP contribution in [0.4, 0.5) is 0 Å². The van der Waals surface area contributed by atoms with Gasteiger partial charge in [0.1, 0.15) is 11.3 Å². The van der Waals surface area contributed by atoms with Crippen LogP contribution in [0.15, 0.2) is 24.3 Å². The molecule has 0 aliphatic rings. The van der Waals surface area contributed by atoms with Crippen molar-refractivity contribution < 1.29 is 14.6 Å². The van der Waals surface area contributed by atoms with Gasteiger partial charge in [-0.1, -0.05) is 12.1 Å². The number of nitrogens with two attached hydrogens (primary N) is 1. The lowest BCUT2D eigenvalue weighted by atomic mass is 9.94. The number of carbonyl (C=O) groups is 1. The predicted octanol–water partition coefficient (Wildman–Crippen LogP) is 1.04. The van der Waals surface area contributed by atoms with Crippen molar-refractivity contribution in [3.05, 3.63) is 29.8 Å². The first-order chi connectivity index (χ1) is 6.95. The molecule has 1 aromatic rings.